The fraction of sp³-hybridized carbons (Fsp3) is 0.154. The number of amides is 1. The molecule has 17 heavy (non-hydrogen) atoms. The molecule has 1 aliphatic rings. The van der Waals surface area contributed by atoms with E-state index >= 15 is 0 Å². The van der Waals surface area contributed by atoms with Gasteiger partial charge in [-0.2, -0.15) is 0 Å². The number of hydrogen-bond acceptors (Lipinski definition) is 3. The van der Waals surface area contributed by atoms with E-state index < -0.39 is 0 Å². The van der Waals surface area contributed by atoms with Crippen molar-refractivity contribution in [1.82, 2.24) is 14.9 Å². The third-order valence-corrected chi connectivity index (χ3v) is 2.89. The molecule has 0 spiro atoms. The Hall–Kier alpha value is -2.23. The number of aromatic nitrogens is 2. The van der Waals surface area contributed by atoms with Crippen molar-refractivity contribution in [3.05, 3.63) is 59.7 Å². The Kier molecular flexibility index (Phi) is 2.33. The van der Waals surface area contributed by atoms with Gasteiger partial charge in [0.1, 0.15) is 6.33 Å². The zero-order chi connectivity index (χ0) is 11.7. The maximum atomic E-state index is 12.1. The van der Waals surface area contributed by atoms with Crippen LogP contribution in [0.25, 0.3) is 0 Å². The fourth-order valence-electron chi connectivity index (χ4n) is 2.05. The lowest BCUT2D eigenvalue weighted by atomic mass is 10.1. The number of hydrogen-bond donors (Lipinski definition) is 0. The standard InChI is InChI=1S/C13H11N3O/c17-13-12-4-2-1-3-10(12)7-16(13)8-11-5-6-14-9-15-11/h1-6,9H,7-8H2. The summed E-state index contributed by atoms with van der Waals surface area (Å²) in [7, 11) is 0. The minimum absolute atomic E-state index is 0.0826. The van der Waals surface area contributed by atoms with E-state index in [-0.39, 0.29) is 5.91 Å². The Labute approximate surface area is 98.9 Å². The van der Waals surface area contributed by atoms with Gasteiger partial charge in [0.25, 0.3) is 5.91 Å². The van der Waals surface area contributed by atoms with Gasteiger partial charge in [-0.3, -0.25) is 4.79 Å². The van der Waals surface area contributed by atoms with Gasteiger partial charge in [0.05, 0.1) is 12.2 Å². The fourth-order valence-corrected chi connectivity index (χ4v) is 2.05. The molecule has 1 amide bonds. The Morgan fingerprint density at radius 2 is 2.12 bits per heavy atom. The molecule has 2 aromatic rings. The van der Waals surface area contributed by atoms with Gasteiger partial charge in [-0.1, -0.05) is 18.2 Å². The van der Waals surface area contributed by atoms with Crippen molar-refractivity contribution in [2.75, 3.05) is 0 Å². The Morgan fingerprint density at radius 1 is 1.24 bits per heavy atom. The number of rotatable bonds is 2. The average molecular weight is 225 g/mol. The molecule has 0 bridgehead atoms. The van der Waals surface area contributed by atoms with Crippen LogP contribution in [0.1, 0.15) is 21.6 Å². The summed E-state index contributed by atoms with van der Waals surface area (Å²) in [5.74, 6) is 0.0826. The molecule has 1 aliphatic heterocycles. The second-order valence-electron chi connectivity index (χ2n) is 4.02. The molecule has 0 unspecified atom stereocenters. The quantitative estimate of drug-likeness (QED) is 0.780. The average Bonchev–Trinajstić information content (AvgIpc) is 2.68. The highest BCUT2D eigenvalue weighted by molar-refractivity contribution is 5.98. The number of fused-ring (bicyclic) bond motifs is 1. The molecule has 0 aliphatic carbocycles. The highest BCUT2D eigenvalue weighted by Gasteiger charge is 2.26. The number of carbonyl (C=O) groups excluding carboxylic acids is 1. The van der Waals surface area contributed by atoms with Crippen molar-refractivity contribution in [3.63, 3.8) is 0 Å². The molecule has 84 valence electrons. The van der Waals surface area contributed by atoms with E-state index in [1.165, 1.54) is 6.33 Å². The summed E-state index contributed by atoms with van der Waals surface area (Å²) in [6.45, 7) is 1.20. The van der Waals surface area contributed by atoms with Crippen LogP contribution in [0.2, 0.25) is 0 Å². The summed E-state index contributed by atoms with van der Waals surface area (Å²) in [6.07, 6.45) is 3.19. The van der Waals surface area contributed by atoms with Crippen LogP contribution in [-0.2, 0) is 13.1 Å². The first-order valence-corrected chi connectivity index (χ1v) is 5.46. The van der Waals surface area contributed by atoms with Crippen molar-refractivity contribution in [2.24, 2.45) is 0 Å². The van der Waals surface area contributed by atoms with E-state index in [2.05, 4.69) is 9.97 Å². The number of nitrogens with zero attached hydrogens (tertiary/aromatic N) is 3. The summed E-state index contributed by atoms with van der Waals surface area (Å²) < 4.78 is 0. The Morgan fingerprint density at radius 3 is 2.88 bits per heavy atom. The van der Waals surface area contributed by atoms with Crippen LogP contribution in [0.3, 0.4) is 0 Å². The summed E-state index contributed by atoms with van der Waals surface area (Å²) >= 11 is 0. The molecule has 1 aromatic heterocycles. The smallest absolute Gasteiger partial charge is 0.254 e. The Balaban J connectivity index is 1.83. The minimum Gasteiger partial charge on any atom is -0.328 e. The molecule has 3 rings (SSSR count). The first kappa shape index (κ1) is 9.96. The van der Waals surface area contributed by atoms with E-state index in [1.807, 2.05) is 30.3 Å². The van der Waals surface area contributed by atoms with Crippen LogP contribution in [-0.4, -0.2) is 20.8 Å². The van der Waals surface area contributed by atoms with Gasteiger partial charge in [0.2, 0.25) is 0 Å². The lowest BCUT2D eigenvalue weighted by Crippen LogP contribution is -2.23. The monoisotopic (exact) mass is 225 g/mol. The molecule has 0 saturated carbocycles. The van der Waals surface area contributed by atoms with Crippen LogP contribution in [0.4, 0.5) is 0 Å². The SMILES string of the molecule is O=C1c2ccccc2CN1Cc1ccncn1. The normalized spacial score (nSPS) is 13.9. The molecular formula is C13H11N3O. The minimum atomic E-state index is 0.0826. The third-order valence-electron chi connectivity index (χ3n) is 2.89. The predicted molar refractivity (Wildman–Crippen MR) is 62.1 cm³/mol. The first-order valence-electron chi connectivity index (χ1n) is 5.46. The maximum absolute atomic E-state index is 12.1. The van der Waals surface area contributed by atoms with Gasteiger partial charge >= 0.3 is 0 Å². The van der Waals surface area contributed by atoms with Gasteiger partial charge < -0.3 is 4.90 Å². The lowest BCUT2D eigenvalue weighted by Gasteiger charge is -2.14. The second-order valence-corrected chi connectivity index (χ2v) is 4.02. The zero-order valence-electron chi connectivity index (χ0n) is 9.21. The lowest BCUT2D eigenvalue weighted by molar-refractivity contribution is 0.0764. The predicted octanol–water partition coefficient (Wildman–Crippen LogP) is 1.63. The van der Waals surface area contributed by atoms with Crippen LogP contribution >= 0.6 is 0 Å². The molecule has 4 nitrogen and oxygen atoms in total. The molecule has 0 atom stereocenters. The van der Waals surface area contributed by atoms with Crippen molar-refractivity contribution < 1.29 is 4.79 Å². The van der Waals surface area contributed by atoms with Crippen molar-refractivity contribution >= 4 is 5.91 Å². The highest BCUT2D eigenvalue weighted by Crippen LogP contribution is 2.23. The van der Waals surface area contributed by atoms with Gasteiger partial charge in [0.15, 0.2) is 0 Å². The topological polar surface area (TPSA) is 46.1 Å². The van der Waals surface area contributed by atoms with Gasteiger partial charge in [-0.25, -0.2) is 9.97 Å². The summed E-state index contributed by atoms with van der Waals surface area (Å²) in [5.41, 5.74) is 2.76. The molecule has 0 radical (unpaired) electrons. The second kappa shape index (κ2) is 3.97. The molecule has 0 fully saturated rings. The zero-order valence-corrected chi connectivity index (χ0v) is 9.21. The van der Waals surface area contributed by atoms with E-state index in [1.54, 1.807) is 11.1 Å². The summed E-state index contributed by atoms with van der Waals surface area (Å²) in [5, 5.41) is 0. The molecular weight excluding hydrogens is 214 g/mol. The van der Waals surface area contributed by atoms with E-state index in [4.69, 9.17) is 0 Å². The van der Waals surface area contributed by atoms with Gasteiger partial charge in [-0.15, -0.1) is 0 Å². The largest absolute Gasteiger partial charge is 0.328 e. The maximum Gasteiger partial charge on any atom is 0.254 e. The molecule has 0 N–H and O–H groups in total. The molecule has 0 saturated heterocycles. The number of benzene rings is 1. The van der Waals surface area contributed by atoms with E-state index in [9.17, 15) is 4.79 Å². The summed E-state index contributed by atoms with van der Waals surface area (Å²) in [4.78, 5) is 21.9. The summed E-state index contributed by atoms with van der Waals surface area (Å²) in [6, 6.07) is 9.55. The van der Waals surface area contributed by atoms with Crippen LogP contribution in [0.5, 0.6) is 0 Å². The van der Waals surface area contributed by atoms with Crippen molar-refractivity contribution in [1.29, 1.82) is 0 Å². The van der Waals surface area contributed by atoms with E-state index in [0.717, 1.165) is 16.8 Å². The number of carbonyl (C=O) groups is 1. The van der Waals surface area contributed by atoms with E-state index in [0.29, 0.717) is 13.1 Å². The highest BCUT2D eigenvalue weighted by atomic mass is 16.2. The van der Waals surface area contributed by atoms with Gasteiger partial charge in [0, 0.05) is 18.3 Å². The van der Waals surface area contributed by atoms with Crippen LogP contribution < -0.4 is 0 Å². The first-order chi connectivity index (χ1) is 8.34. The van der Waals surface area contributed by atoms with Crippen LogP contribution in [0.15, 0.2) is 42.9 Å². The Bertz CT molecular complexity index is 554. The molecule has 1 aromatic carbocycles. The third kappa shape index (κ3) is 1.78. The molecule has 2 heterocycles. The molecule has 4 heteroatoms. The van der Waals surface area contributed by atoms with Crippen molar-refractivity contribution in [3.8, 4) is 0 Å². The van der Waals surface area contributed by atoms with Crippen LogP contribution in [0, 0.1) is 0 Å². The van der Waals surface area contributed by atoms with Crippen molar-refractivity contribution in [2.45, 2.75) is 13.1 Å². The van der Waals surface area contributed by atoms with Gasteiger partial charge in [-0.05, 0) is 17.7 Å².